The van der Waals surface area contributed by atoms with E-state index < -0.39 is 6.10 Å². The Labute approximate surface area is 112 Å². The standard InChI is InChI=1S/C13H17Cl2NO/c14-10-3-4-12(15)11(9-10)13(17)5-8-16-6-1-2-7-16/h3-4,9,13,17H,1-2,5-8H2. The highest BCUT2D eigenvalue weighted by Gasteiger charge is 2.16. The van der Waals surface area contributed by atoms with Crippen molar-refractivity contribution in [2.24, 2.45) is 0 Å². The summed E-state index contributed by atoms with van der Waals surface area (Å²) in [6.07, 6.45) is 2.73. The first-order chi connectivity index (χ1) is 8.16. The molecule has 1 aromatic rings. The molecule has 1 unspecified atom stereocenters. The van der Waals surface area contributed by atoms with Crippen LogP contribution in [-0.4, -0.2) is 29.6 Å². The SMILES string of the molecule is OC(CCN1CCCC1)c1cc(Cl)ccc1Cl. The van der Waals surface area contributed by atoms with Gasteiger partial charge in [-0.25, -0.2) is 0 Å². The number of hydrogen-bond acceptors (Lipinski definition) is 2. The van der Waals surface area contributed by atoms with Gasteiger partial charge in [-0.15, -0.1) is 0 Å². The number of aliphatic hydroxyl groups excluding tert-OH is 1. The molecular formula is C13H17Cl2NO. The molecule has 0 bridgehead atoms. The summed E-state index contributed by atoms with van der Waals surface area (Å²) in [6, 6.07) is 5.22. The lowest BCUT2D eigenvalue weighted by Crippen LogP contribution is -2.22. The van der Waals surface area contributed by atoms with Crippen molar-refractivity contribution in [3.8, 4) is 0 Å². The average Bonchev–Trinajstić information content (AvgIpc) is 2.82. The minimum Gasteiger partial charge on any atom is -0.388 e. The van der Waals surface area contributed by atoms with E-state index in [9.17, 15) is 5.11 Å². The van der Waals surface area contributed by atoms with Crippen LogP contribution in [0.1, 0.15) is 30.9 Å². The number of benzene rings is 1. The molecule has 0 aromatic heterocycles. The van der Waals surface area contributed by atoms with Crippen molar-refractivity contribution in [3.63, 3.8) is 0 Å². The van der Waals surface area contributed by atoms with Gasteiger partial charge in [-0.2, -0.15) is 0 Å². The molecule has 2 rings (SSSR count). The van der Waals surface area contributed by atoms with E-state index in [0.717, 1.165) is 25.2 Å². The normalized spacial score (nSPS) is 18.5. The lowest BCUT2D eigenvalue weighted by atomic mass is 10.1. The molecule has 0 aliphatic carbocycles. The summed E-state index contributed by atoms with van der Waals surface area (Å²) in [5.41, 5.74) is 0.735. The zero-order valence-corrected chi connectivity index (χ0v) is 11.2. The summed E-state index contributed by atoms with van der Waals surface area (Å²) in [5.74, 6) is 0. The summed E-state index contributed by atoms with van der Waals surface area (Å²) in [7, 11) is 0. The quantitative estimate of drug-likeness (QED) is 0.908. The maximum Gasteiger partial charge on any atom is 0.0817 e. The Morgan fingerprint density at radius 1 is 1.24 bits per heavy atom. The Balaban J connectivity index is 1.93. The maximum atomic E-state index is 10.1. The highest BCUT2D eigenvalue weighted by Crippen LogP contribution is 2.28. The molecule has 2 nitrogen and oxygen atoms in total. The smallest absolute Gasteiger partial charge is 0.0817 e. The summed E-state index contributed by atoms with van der Waals surface area (Å²) in [6.45, 7) is 3.22. The van der Waals surface area contributed by atoms with Gasteiger partial charge in [0.2, 0.25) is 0 Å². The predicted octanol–water partition coefficient (Wildman–Crippen LogP) is 3.51. The van der Waals surface area contributed by atoms with Crippen LogP contribution in [0.15, 0.2) is 18.2 Å². The van der Waals surface area contributed by atoms with E-state index in [1.165, 1.54) is 12.8 Å². The molecule has 1 saturated heterocycles. The summed E-state index contributed by atoms with van der Waals surface area (Å²) >= 11 is 12.0. The van der Waals surface area contributed by atoms with Crippen LogP contribution in [0.5, 0.6) is 0 Å². The highest BCUT2D eigenvalue weighted by atomic mass is 35.5. The fourth-order valence-corrected chi connectivity index (χ4v) is 2.66. The Morgan fingerprint density at radius 3 is 2.65 bits per heavy atom. The first-order valence-corrected chi connectivity index (χ1v) is 6.78. The molecular weight excluding hydrogens is 257 g/mol. The second-order valence-electron chi connectivity index (χ2n) is 4.52. The summed E-state index contributed by atoms with van der Waals surface area (Å²) in [4.78, 5) is 2.38. The largest absolute Gasteiger partial charge is 0.388 e. The van der Waals surface area contributed by atoms with Gasteiger partial charge < -0.3 is 10.0 Å². The molecule has 0 amide bonds. The number of halogens is 2. The van der Waals surface area contributed by atoms with Gasteiger partial charge in [0.05, 0.1) is 6.10 Å². The van der Waals surface area contributed by atoms with Crippen LogP contribution in [0.4, 0.5) is 0 Å². The third kappa shape index (κ3) is 3.59. The van der Waals surface area contributed by atoms with E-state index >= 15 is 0 Å². The van der Waals surface area contributed by atoms with E-state index in [4.69, 9.17) is 23.2 Å². The second-order valence-corrected chi connectivity index (χ2v) is 5.36. The average molecular weight is 274 g/mol. The van der Waals surface area contributed by atoms with E-state index in [2.05, 4.69) is 4.90 Å². The van der Waals surface area contributed by atoms with E-state index in [1.807, 2.05) is 0 Å². The van der Waals surface area contributed by atoms with Crippen LogP contribution >= 0.6 is 23.2 Å². The first kappa shape index (κ1) is 13.2. The minimum absolute atomic E-state index is 0.526. The molecule has 1 N–H and O–H groups in total. The van der Waals surface area contributed by atoms with Crippen molar-refractivity contribution in [1.82, 2.24) is 4.90 Å². The van der Waals surface area contributed by atoms with E-state index in [1.54, 1.807) is 18.2 Å². The molecule has 17 heavy (non-hydrogen) atoms. The van der Waals surface area contributed by atoms with Crippen molar-refractivity contribution in [3.05, 3.63) is 33.8 Å². The molecule has 1 atom stereocenters. The molecule has 4 heteroatoms. The monoisotopic (exact) mass is 273 g/mol. The number of nitrogens with zero attached hydrogens (tertiary/aromatic N) is 1. The van der Waals surface area contributed by atoms with Crippen LogP contribution in [0.3, 0.4) is 0 Å². The maximum absolute atomic E-state index is 10.1. The number of hydrogen-bond donors (Lipinski definition) is 1. The topological polar surface area (TPSA) is 23.5 Å². The lowest BCUT2D eigenvalue weighted by Gasteiger charge is -2.18. The third-order valence-electron chi connectivity index (χ3n) is 3.23. The molecule has 94 valence electrons. The molecule has 0 radical (unpaired) electrons. The molecule has 1 aliphatic heterocycles. The molecule has 1 aromatic carbocycles. The fraction of sp³-hybridized carbons (Fsp3) is 0.538. The van der Waals surface area contributed by atoms with Gasteiger partial charge in [0.25, 0.3) is 0 Å². The molecule has 0 spiro atoms. The van der Waals surface area contributed by atoms with Crippen LogP contribution in [-0.2, 0) is 0 Å². The van der Waals surface area contributed by atoms with E-state index in [-0.39, 0.29) is 0 Å². The van der Waals surface area contributed by atoms with Crippen molar-refractivity contribution < 1.29 is 5.11 Å². The zero-order valence-electron chi connectivity index (χ0n) is 9.70. The minimum atomic E-state index is -0.526. The van der Waals surface area contributed by atoms with Crippen LogP contribution in [0.25, 0.3) is 0 Å². The zero-order chi connectivity index (χ0) is 12.3. The van der Waals surface area contributed by atoms with Gasteiger partial charge in [0.1, 0.15) is 0 Å². The highest BCUT2D eigenvalue weighted by molar-refractivity contribution is 6.33. The fourth-order valence-electron chi connectivity index (χ4n) is 2.24. The van der Waals surface area contributed by atoms with Gasteiger partial charge in [-0.3, -0.25) is 0 Å². The second kappa shape index (κ2) is 6.05. The molecule has 1 heterocycles. The van der Waals surface area contributed by atoms with Crippen LogP contribution < -0.4 is 0 Å². The number of rotatable bonds is 4. The van der Waals surface area contributed by atoms with Crippen molar-refractivity contribution in [2.75, 3.05) is 19.6 Å². The summed E-state index contributed by atoms with van der Waals surface area (Å²) in [5, 5.41) is 11.3. The molecule has 0 saturated carbocycles. The van der Waals surface area contributed by atoms with Crippen molar-refractivity contribution >= 4 is 23.2 Å². The molecule has 1 fully saturated rings. The van der Waals surface area contributed by atoms with Crippen molar-refractivity contribution in [1.29, 1.82) is 0 Å². The van der Waals surface area contributed by atoms with Crippen LogP contribution in [0.2, 0.25) is 10.0 Å². The number of aliphatic hydroxyl groups is 1. The van der Waals surface area contributed by atoms with Gasteiger partial charge in [-0.1, -0.05) is 23.2 Å². The third-order valence-corrected chi connectivity index (χ3v) is 3.81. The Bertz CT molecular complexity index is 378. The van der Waals surface area contributed by atoms with Gasteiger partial charge >= 0.3 is 0 Å². The Kier molecular flexibility index (Phi) is 4.69. The van der Waals surface area contributed by atoms with Gasteiger partial charge in [0.15, 0.2) is 0 Å². The van der Waals surface area contributed by atoms with E-state index in [0.29, 0.717) is 16.5 Å². The first-order valence-electron chi connectivity index (χ1n) is 6.02. The Morgan fingerprint density at radius 2 is 1.94 bits per heavy atom. The molecule has 1 aliphatic rings. The van der Waals surface area contributed by atoms with Gasteiger partial charge in [0, 0.05) is 22.2 Å². The van der Waals surface area contributed by atoms with Gasteiger partial charge in [-0.05, 0) is 50.6 Å². The Hall–Kier alpha value is -0.280. The van der Waals surface area contributed by atoms with Crippen molar-refractivity contribution in [2.45, 2.75) is 25.4 Å². The lowest BCUT2D eigenvalue weighted by molar-refractivity contribution is 0.149. The van der Waals surface area contributed by atoms with Crippen LogP contribution in [0, 0.1) is 0 Å². The predicted molar refractivity (Wildman–Crippen MR) is 71.7 cm³/mol. The number of likely N-dealkylation sites (tertiary alicyclic amines) is 1. The summed E-state index contributed by atoms with van der Waals surface area (Å²) < 4.78 is 0.